The van der Waals surface area contributed by atoms with Crippen LogP contribution in [0, 0.1) is 0 Å². The first-order valence-corrected chi connectivity index (χ1v) is 4.09. The van der Waals surface area contributed by atoms with E-state index in [0.717, 1.165) is 0 Å². The second kappa shape index (κ2) is 5.13. The summed E-state index contributed by atoms with van der Waals surface area (Å²) in [6, 6.07) is 1.07. The van der Waals surface area contributed by atoms with Crippen LogP contribution in [0.2, 0.25) is 0 Å². The van der Waals surface area contributed by atoms with E-state index in [4.69, 9.17) is 5.73 Å². The van der Waals surface area contributed by atoms with Crippen LogP contribution in [-0.2, 0) is 9.53 Å². The van der Waals surface area contributed by atoms with Gasteiger partial charge >= 0.3 is 5.97 Å². The summed E-state index contributed by atoms with van der Waals surface area (Å²) in [5, 5.41) is 2.76. The summed E-state index contributed by atoms with van der Waals surface area (Å²) >= 11 is 0. The minimum atomic E-state index is -0.609. The van der Waals surface area contributed by atoms with Gasteiger partial charge in [-0.25, -0.2) is 14.8 Å². The number of rotatable bonds is 4. The Morgan fingerprint density at radius 3 is 2.79 bits per heavy atom. The monoisotopic (exact) mass is 196 g/mol. The number of hydrogen-bond donors (Lipinski definition) is 2. The molecule has 0 fully saturated rings. The van der Waals surface area contributed by atoms with E-state index in [1.807, 2.05) is 0 Å². The van der Waals surface area contributed by atoms with E-state index in [1.54, 1.807) is 18.5 Å². The maximum Gasteiger partial charge on any atom is 0.329 e. The van der Waals surface area contributed by atoms with E-state index in [0.29, 0.717) is 5.95 Å². The molecule has 1 atom stereocenters. The van der Waals surface area contributed by atoms with E-state index < -0.39 is 12.0 Å². The first kappa shape index (κ1) is 10.4. The minimum Gasteiger partial charge on any atom is -0.467 e. The lowest BCUT2D eigenvalue weighted by atomic mass is 10.3. The van der Waals surface area contributed by atoms with Gasteiger partial charge in [0.25, 0.3) is 0 Å². The Morgan fingerprint density at radius 2 is 2.29 bits per heavy atom. The van der Waals surface area contributed by atoms with Crippen molar-refractivity contribution < 1.29 is 9.53 Å². The predicted molar refractivity (Wildman–Crippen MR) is 50.5 cm³/mol. The van der Waals surface area contributed by atoms with Gasteiger partial charge in [0.1, 0.15) is 6.04 Å². The molecule has 0 aliphatic heterocycles. The molecule has 1 heterocycles. The molecule has 0 aliphatic carbocycles. The first-order valence-electron chi connectivity index (χ1n) is 4.09. The molecule has 0 radical (unpaired) electrons. The zero-order chi connectivity index (χ0) is 10.4. The average molecular weight is 196 g/mol. The van der Waals surface area contributed by atoms with Crippen LogP contribution in [0.4, 0.5) is 5.95 Å². The second-order valence-corrected chi connectivity index (χ2v) is 2.53. The summed E-state index contributed by atoms with van der Waals surface area (Å²) < 4.78 is 4.54. The van der Waals surface area contributed by atoms with Crippen molar-refractivity contribution in [3.63, 3.8) is 0 Å². The SMILES string of the molecule is COC(=O)C(CN)Nc1ncccn1. The molecule has 3 N–H and O–H groups in total. The van der Waals surface area contributed by atoms with Gasteiger partial charge in [-0.15, -0.1) is 0 Å². The molecule has 14 heavy (non-hydrogen) atoms. The van der Waals surface area contributed by atoms with Gasteiger partial charge in [0, 0.05) is 18.9 Å². The number of ether oxygens (including phenoxy) is 1. The lowest BCUT2D eigenvalue weighted by molar-refractivity contribution is -0.141. The largest absolute Gasteiger partial charge is 0.467 e. The summed E-state index contributed by atoms with van der Waals surface area (Å²) in [6.45, 7) is 0.130. The molecule has 76 valence electrons. The number of anilines is 1. The molecule has 1 unspecified atom stereocenters. The Balaban J connectivity index is 2.62. The van der Waals surface area contributed by atoms with Gasteiger partial charge in [-0.05, 0) is 6.07 Å². The van der Waals surface area contributed by atoms with Crippen LogP contribution >= 0.6 is 0 Å². The Bertz CT molecular complexity index is 291. The van der Waals surface area contributed by atoms with E-state index in [-0.39, 0.29) is 6.54 Å². The van der Waals surface area contributed by atoms with Crippen LogP contribution < -0.4 is 11.1 Å². The number of methoxy groups -OCH3 is 1. The fourth-order valence-corrected chi connectivity index (χ4v) is 0.886. The zero-order valence-corrected chi connectivity index (χ0v) is 7.80. The Morgan fingerprint density at radius 1 is 1.64 bits per heavy atom. The summed E-state index contributed by atoms with van der Waals surface area (Å²) in [6.07, 6.45) is 3.14. The highest BCUT2D eigenvalue weighted by Gasteiger charge is 2.17. The zero-order valence-electron chi connectivity index (χ0n) is 7.80. The van der Waals surface area contributed by atoms with Crippen molar-refractivity contribution in [1.82, 2.24) is 9.97 Å². The van der Waals surface area contributed by atoms with Gasteiger partial charge in [-0.1, -0.05) is 0 Å². The molecule has 0 saturated heterocycles. The molecular formula is C8H12N4O2. The molecule has 0 aliphatic rings. The Labute approximate surface area is 81.5 Å². The van der Waals surface area contributed by atoms with Gasteiger partial charge in [0.2, 0.25) is 5.95 Å². The molecule has 0 amide bonds. The van der Waals surface area contributed by atoms with E-state index in [1.165, 1.54) is 7.11 Å². The van der Waals surface area contributed by atoms with Gasteiger partial charge in [0.05, 0.1) is 7.11 Å². The van der Waals surface area contributed by atoms with Gasteiger partial charge in [-0.2, -0.15) is 0 Å². The topological polar surface area (TPSA) is 90.1 Å². The highest BCUT2D eigenvalue weighted by atomic mass is 16.5. The molecule has 6 heteroatoms. The number of hydrogen-bond acceptors (Lipinski definition) is 6. The predicted octanol–water partition coefficient (Wildman–Crippen LogP) is -0.611. The molecule has 1 aromatic heterocycles. The molecule has 1 aromatic rings. The fraction of sp³-hybridized carbons (Fsp3) is 0.375. The number of nitrogens with one attached hydrogen (secondary N) is 1. The summed E-state index contributed by atoms with van der Waals surface area (Å²) in [4.78, 5) is 18.9. The van der Waals surface area contributed by atoms with Crippen molar-refractivity contribution in [3.8, 4) is 0 Å². The van der Waals surface area contributed by atoms with E-state index >= 15 is 0 Å². The first-order chi connectivity index (χ1) is 6.77. The van der Waals surface area contributed by atoms with Crippen LogP contribution in [0.3, 0.4) is 0 Å². The van der Waals surface area contributed by atoms with Gasteiger partial charge in [-0.3, -0.25) is 0 Å². The van der Waals surface area contributed by atoms with Crippen LogP contribution in [0.15, 0.2) is 18.5 Å². The lowest BCUT2D eigenvalue weighted by Crippen LogP contribution is -2.38. The summed E-state index contributed by atoms with van der Waals surface area (Å²) in [5.41, 5.74) is 5.38. The maximum absolute atomic E-state index is 11.1. The van der Waals surface area contributed by atoms with Crippen molar-refractivity contribution in [2.75, 3.05) is 19.0 Å². The third-order valence-corrected chi connectivity index (χ3v) is 1.59. The molecular weight excluding hydrogens is 184 g/mol. The van der Waals surface area contributed by atoms with Crippen LogP contribution in [0.25, 0.3) is 0 Å². The van der Waals surface area contributed by atoms with E-state index in [2.05, 4.69) is 20.0 Å². The van der Waals surface area contributed by atoms with E-state index in [9.17, 15) is 4.79 Å². The molecule has 0 spiro atoms. The third-order valence-electron chi connectivity index (χ3n) is 1.59. The molecule has 0 saturated carbocycles. The maximum atomic E-state index is 11.1. The average Bonchev–Trinajstić information content (AvgIpc) is 2.26. The quantitative estimate of drug-likeness (QED) is 0.624. The van der Waals surface area contributed by atoms with Gasteiger partial charge < -0.3 is 15.8 Å². The van der Waals surface area contributed by atoms with Crippen LogP contribution in [-0.4, -0.2) is 35.6 Å². The summed E-state index contributed by atoms with van der Waals surface area (Å²) in [7, 11) is 1.30. The number of nitrogens with zero attached hydrogens (tertiary/aromatic N) is 2. The fourth-order valence-electron chi connectivity index (χ4n) is 0.886. The normalized spacial score (nSPS) is 11.9. The third kappa shape index (κ3) is 2.67. The van der Waals surface area contributed by atoms with Crippen molar-refractivity contribution in [1.29, 1.82) is 0 Å². The number of carbonyl (C=O) groups excluding carboxylic acids is 1. The van der Waals surface area contributed by atoms with Crippen molar-refractivity contribution in [3.05, 3.63) is 18.5 Å². The molecule has 1 rings (SSSR count). The van der Waals surface area contributed by atoms with Crippen molar-refractivity contribution in [2.24, 2.45) is 5.73 Å². The molecule has 6 nitrogen and oxygen atoms in total. The van der Waals surface area contributed by atoms with Crippen LogP contribution in [0.5, 0.6) is 0 Å². The number of carbonyl (C=O) groups is 1. The summed E-state index contributed by atoms with van der Waals surface area (Å²) in [5.74, 6) is -0.0756. The smallest absolute Gasteiger partial charge is 0.329 e. The van der Waals surface area contributed by atoms with Crippen molar-refractivity contribution >= 4 is 11.9 Å². The highest BCUT2D eigenvalue weighted by molar-refractivity contribution is 5.78. The van der Waals surface area contributed by atoms with Crippen LogP contribution in [0.1, 0.15) is 0 Å². The van der Waals surface area contributed by atoms with Gasteiger partial charge in [0.15, 0.2) is 0 Å². The number of aromatic nitrogens is 2. The standard InChI is InChI=1S/C8H12N4O2/c1-14-7(13)6(5-9)12-8-10-3-2-4-11-8/h2-4,6H,5,9H2,1H3,(H,10,11,12). The lowest BCUT2D eigenvalue weighted by Gasteiger charge is -2.13. The second-order valence-electron chi connectivity index (χ2n) is 2.53. The molecule has 0 aromatic carbocycles. The Hall–Kier alpha value is -1.69. The van der Waals surface area contributed by atoms with Crippen molar-refractivity contribution in [2.45, 2.75) is 6.04 Å². The highest BCUT2D eigenvalue weighted by Crippen LogP contribution is 1.98. The minimum absolute atomic E-state index is 0.130. The number of esters is 1. The Kier molecular flexibility index (Phi) is 3.81. The number of nitrogens with two attached hydrogens (primary N) is 1. The molecule has 0 bridgehead atoms.